The summed E-state index contributed by atoms with van der Waals surface area (Å²) < 4.78 is 2.06. The second-order valence-corrected chi connectivity index (χ2v) is 4.76. The Hall–Kier alpha value is -1.07. The number of nitrogens with two attached hydrogens (primary N) is 1. The lowest BCUT2D eigenvalue weighted by Gasteiger charge is -2.29. The smallest absolute Gasteiger partial charge is 0.124 e. The fraction of sp³-hybridized carbons (Fsp3) is 0.750. The summed E-state index contributed by atoms with van der Waals surface area (Å²) in [5.74, 6) is 1.09. The molecule has 5 heteroatoms. The van der Waals surface area contributed by atoms with Crippen molar-refractivity contribution >= 4 is 5.82 Å². The van der Waals surface area contributed by atoms with E-state index in [4.69, 9.17) is 5.73 Å². The highest BCUT2D eigenvalue weighted by atomic mass is 15.4. The molecule has 0 spiro atoms. The quantitative estimate of drug-likeness (QED) is 0.660. The van der Waals surface area contributed by atoms with Crippen molar-refractivity contribution in [1.82, 2.24) is 15.1 Å². The molecule has 4 N–H and O–H groups in total. The molecule has 0 radical (unpaired) electrons. The summed E-state index contributed by atoms with van der Waals surface area (Å²) in [6.45, 7) is 5.04. The first-order chi connectivity index (χ1) is 8.31. The van der Waals surface area contributed by atoms with Crippen LogP contribution in [0.3, 0.4) is 0 Å². The van der Waals surface area contributed by atoms with E-state index in [1.165, 1.54) is 12.8 Å². The maximum Gasteiger partial charge on any atom is 0.124 e. The fourth-order valence-electron chi connectivity index (χ4n) is 2.00. The van der Waals surface area contributed by atoms with Crippen LogP contribution in [0.25, 0.3) is 0 Å². The largest absolute Gasteiger partial charge is 0.369 e. The highest BCUT2D eigenvalue weighted by Crippen LogP contribution is 2.17. The number of rotatable bonds is 7. The van der Waals surface area contributed by atoms with Gasteiger partial charge in [0.25, 0.3) is 0 Å². The minimum Gasteiger partial charge on any atom is -0.369 e. The number of hydrogen-bond donors (Lipinski definition) is 3. The Morgan fingerprint density at radius 2 is 2.47 bits per heavy atom. The van der Waals surface area contributed by atoms with Crippen LogP contribution in [0.2, 0.25) is 0 Å². The molecule has 0 aromatic carbocycles. The van der Waals surface area contributed by atoms with E-state index in [1.807, 2.05) is 12.3 Å². The van der Waals surface area contributed by atoms with E-state index in [0.717, 1.165) is 31.9 Å². The highest BCUT2D eigenvalue weighted by Gasteiger charge is 2.21. The molecule has 1 aliphatic rings. The molecular formula is C12H23N5. The molecule has 0 bridgehead atoms. The molecule has 0 aliphatic carbocycles. The first-order valence-electron chi connectivity index (χ1n) is 6.55. The van der Waals surface area contributed by atoms with E-state index in [-0.39, 0.29) is 6.04 Å². The van der Waals surface area contributed by atoms with Gasteiger partial charge in [-0.3, -0.25) is 0 Å². The van der Waals surface area contributed by atoms with Gasteiger partial charge in [0, 0.05) is 31.7 Å². The first-order valence-corrected chi connectivity index (χ1v) is 6.55. The summed E-state index contributed by atoms with van der Waals surface area (Å²) in [6, 6.07) is 2.75. The molecule has 0 saturated carbocycles. The summed E-state index contributed by atoms with van der Waals surface area (Å²) in [6.07, 6.45) is 5.34. The Balaban J connectivity index is 1.80. The molecule has 2 rings (SSSR count). The van der Waals surface area contributed by atoms with Gasteiger partial charge in [-0.25, -0.2) is 4.68 Å². The third-order valence-corrected chi connectivity index (χ3v) is 3.25. The average Bonchev–Trinajstić information content (AvgIpc) is 2.69. The minimum absolute atomic E-state index is 0.234. The van der Waals surface area contributed by atoms with Crippen molar-refractivity contribution in [3.05, 3.63) is 12.3 Å². The molecule has 0 unspecified atom stereocenters. The SMILES string of the molecule is CCCC[C@H](N)CNc1ccnn1C1CNC1. The van der Waals surface area contributed by atoms with Gasteiger partial charge in [-0.2, -0.15) is 5.10 Å². The number of anilines is 1. The molecule has 1 aromatic rings. The molecule has 0 amide bonds. The van der Waals surface area contributed by atoms with Crippen LogP contribution < -0.4 is 16.4 Å². The standard InChI is InChI=1S/C12H23N5/c1-2-3-4-10(13)7-15-12-5-6-16-17(12)11-8-14-9-11/h5-6,10-11,14-15H,2-4,7-9,13H2,1H3/t10-/m0/s1. The van der Waals surface area contributed by atoms with E-state index >= 15 is 0 Å². The van der Waals surface area contributed by atoms with Crippen molar-refractivity contribution in [3.63, 3.8) is 0 Å². The van der Waals surface area contributed by atoms with Crippen molar-refractivity contribution in [3.8, 4) is 0 Å². The zero-order valence-electron chi connectivity index (χ0n) is 10.5. The van der Waals surface area contributed by atoms with Gasteiger partial charge in [0.05, 0.1) is 12.2 Å². The topological polar surface area (TPSA) is 67.9 Å². The summed E-state index contributed by atoms with van der Waals surface area (Å²) in [4.78, 5) is 0. The lowest BCUT2D eigenvalue weighted by atomic mass is 10.1. The predicted molar refractivity (Wildman–Crippen MR) is 70.1 cm³/mol. The molecule has 1 aliphatic heterocycles. The number of nitrogens with one attached hydrogen (secondary N) is 2. The molecule has 96 valence electrons. The third kappa shape index (κ3) is 3.20. The van der Waals surface area contributed by atoms with Gasteiger partial charge in [0.2, 0.25) is 0 Å². The van der Waals surface area contributed by atoms with Crippen molar-refractivity contribution in [1.29, 1.82) is 0 Å². The molecule has 5 nitrogen and oxygen atoms in total. The number of nitrogens with zero attached hydrogens (tertiary/aromatic N) is 2. The van der Waals surface area contributed by atoms with Gasteiger partial charge in [-0.1, -0.05) is 19.8 Å². The Kier molecular flexibility index (Phi) is 4.39. The predicted octanol–water partition coefficient (Wildman–Crippen LogP) is 0.957. The van der Waals surface area contributed by atoms with Crippen LogP contribution in [-0.2, 0) is 0 Å². The summed E-state index contributed by atoms with van der Waals surface area (Å²) in [7, 11) is 0. The summed E-state index contributed by atoms with van der Waals surface area (Å²) >= 11 is 0. The van der Waals surface area contributed by atoms with Crippen molar-refractivity contribution in [2.45, 2.75) is 38.3 Å². The molecule has 1 aromatic heterocycles. The van der Waals surface area contributed by atoms with Crippen LogP contribution in [-0.4, -0.2) is 35.5 Å². The van der Waals surface area contributed by atoms with E-state index in [9.17, 15) is 0 Å². The molecule has 1 saturated heterocycles. The Labute approximate surface area is 103 Å². The van der Waals surface area contributed by atoms with Crippen LogP contribution in [0.1, 0.15) is 32.2 Å². The molecule has 1 atom stereocenters. The van der Waals surface area contributed by atoms with Gasteiger partial charge in [0.1, 0.15) is 5.82 Å². The first kappa shape index (κ1) is 12.4. The minimum atomic E-state index is 0.234. The fourth-order valence-corrected chi connectivity index (χ4v) is 2.00. The lowest BCUT2D eigenvalue weighted by Crippen LogP contribution is -2.44. The van der Waals surface area contributed by atoms with Crippen LogP contribution in [0.15, 0.2) is 12.3 Å². The molecule has 2 heterocycles. The van der Waals surface area contributed by atoms with Crippen LogP contribution in [0, 0.1) is 0 Å². The van der Waals surface area contributed by atoms with Gasteiger partial charge >= 0.3 is 0 Å². The molecular weight excluding hydrogens is 214 g/mol. The average molecular weight is 237 g/mol. The third-order valence-electron chi connectivity index (χ3n) is 3.25. The monoisotopic (exact) mass is 237 g/mol. The van der Waals surface area contributed by atoms with Gasteiger partial charge in [-0.05, 0) is 6.42 Å². The second kappa shape index (κ2) is 6.02. The maximum absolute atomic E-state index is 6.04. The zero-order valence-corrected chi connectivity index (χ0v) is 10.5. The Bertz CT molecular complexity index is 331. The Morgan fingerprint density at radius 1 is 1.65 bits per heavy atom. The van der Waals surface area contributed by atoms with Crippen LogP contribution >= 0.6 is 0 Å². The number of unbranched alkanes of at least 4 members (excludes halogenated alkanes) is 1. The van der Waals surface area contributed by atoms with Crippen LogP contribution in [0.5, 0.6) is 0 Å². The van der Waals surface area contributed by atoms with Gasteiger partial charge in [-0.15, -0.1) is 0 Å². The molecule has 17 heavy (non-hydrogen) atoms. The highest BCUT2D eigenvalue weighted by molar-refractivity contribution is 5.35. The van der Waals surface area contributed by atoms with E-state index in [1.54, 1.807) is 0 Å². The van der Waals surface area contributed by atoms with E-state index in [2.05, 4.69) is 27.3 Å². The summed E-state index contributed by atoms with van der Waals surface area (Å²) in [5.41, 5.74) is 6.04. The Morgan fingerprint density at radius 3 is 3.12 bits per heavy atom. The van der Waals surface area contributed by atoms with Crippen molar-refractivity contribution in [2.75, 3.05) is 25.0 Å². The maximum atomic E-state index is 6.04. The van der Waals surface area contributed by atoms with Crippen molar-refractivity contribution < 1.29 is 0 Å². The van der Waals surface area contributed by atoms with Crippen LogP contribution in [0.4, 0.5) is 5.82 Å². The second-order valence-electron chi connectivity index (χ2n) is 4.76. The zero-order chi connectivity index (χ0) is 12.1. The van der Waals surface area contributed by atoms with Crippen molar-refractivity contribution in [2.24, 2.45) is 5.73 Å². The number of aromatic nitrogens is 2. The lowest BCUT2D eigenvalue weighted by molar-refractivity contribution is 0.321. The van der Waals surface area contributed by atoms with E-state index in [0.29, 0.717) is 6.04 Å². The van der Waals surface area contributed by atoms with E-state index < -0.39 is 0 Å². The normalized spacial score (nSPS) is 17.8. The van der Waals surface area contributed by atoms with Gasteiger partial charge < -0.3 is 16.4 Å². The van der Waals surface area contributed by atoms with Gasteiger partial charge in [0.15, 0.2) is 0 Å². The summed E-state index contributed by atoms with van der Waals surface area (Å²) in [5, 5.41) is 11.0. The molecule has 1 fully saturated rings. The number of hydrogen-bond acceptors (Lipinski definition) is 4.